The molecule has 1 fully saturated rings. The molecule has 120 valence electrons. The predicted molar refractivity (Wildman–Crippen MR) is 74.0 cm³/mol. The molecule has 2 heterocycles. The Bertz CT molecular complexity index is 805. The molecule has 1 aromatic carbocycles. The van der Waals surface area contributed by atoms with Crippen LogP contribution in [0.3, 0.4) is 0 Å². The number of hydrogen-bond donors (Lipinski definition) is 1. The summed E-state index contributed by atoms with van der Waals surface area (Å²) in [5.41, 5.74) is -0.692. The minimum atomic E-state index is -1.47. The Morgan fingerprint density at radius 3 is 2.61 bits per heavy atom. The number of nitrogens with zero attached hydrogens (tertiary/aromatic N) is 2. The topological polar surface area (TPSA) is 75.4 Å². The smallest absolute Gasteiger partial charge is 0.325 e. The highest BCUT2D eigenvalue weighted by molar-refractivity contribution is 6.07. The standard InChI is InChI=1S/C15H13F2N3O3/c1-8-5-10(23-19-8)7-20-13(21)15(2,18-14(20)22)9-3-4-11(16)12(17)6-9/h3-6H,7H2,1-2H3,(H,18,22). The van der Waals surface area contributed by atoms with Gasteiger partial charge in [0.05, 0.1) is 12.2 Å². The monoisotopic (exact) mass is 321 g/mol. The number of halogens is 2. The summed E-state index contributed by atoms with van der Waals surface area (Å²) in [5, 5.41) is 6.20. The van der Waals surface area contributed by atoms with Gasteiger partial charge < -0.3 is 9.84 Å². The van der Waals surface area contributed by atoms with E-state index in [0.717, 1.165) is 17.0 Å². The van der Waals surface area contributed by atoms with Crippen LogP contribution in [0.25, 0.3) is 0 Å². The molecule has 1 aliphatic heterocycles. The molecule has 0 radical (unpaired) electrons. The van der Waals surface area contributed by atoms with Gasteiger partial charge in [0, 0.05) is 6.07 Å². The maximum Gasteiger partial charge on any atom is 0.325 e. The van der Waals surface area contributed by atoms with Crippen molar-refractivity contribution in [3.63, 3.8) is 0 Å². The van der Waals surface area contributed by atoms with Gasteiger partial charge in [-0.1, -0.05) is 11.2 Å². The third kappa shape index (κ3) is 2.45. The molecular formula is C15H13F2N3O3. The van der Waals surface area contributed by atoms with E-state index in [1.165, 1.54) is 13.0 Å². The Balaban J connectivity index is 1.91. The largest absolute Gasteiger partial charge is 0.359 e. The van der Waals surface area contributed by atoms with E-state index < -0.39 is 29.1 Å². The lowest BCUT2D eigenvalue weighted by atomic mass is 9.92. The number of imide groups is 1. The zero-order valence-corrected chi connectivity index (χ0v) is 12.4. The molecule has 1 unspecified atom stereocenters. The van der Waals surface area contributed by atoms with Gasteiger partial charge in [-0.15, -0.1) is 0 Å². The molecule has 0 aliphatic carbocycles. The van der Waals surface area contributed by atoms with Crippen LogP contribution in [0.1, 0.15) is 23.9 Å². The van der Waals surface area contributed by atoms with Gasteiger partial charge in [0.15, 0.2) is 17.4 Å². The molecule has 1 aliphatic rings. The van der Waals surface area contributed by atoms with E-state index in [0.29, 0.717) is 11.5 Å². The SMILES string of the molecule is Cc1cc(CN2C(=O)NC(C)(c3ccc(F)c(F)c3)C2=O)on1. The van der Waals surface area contributed by atoms with E-state index >= 15 is 0 Å². The lowest BCUT2D eigenvalue weighted by molar-refractivity contribution is -0.131. The van der Waals surface area contributed by atoms with Crippen molar-refractivity contribution in [2.45, 2.75) is 25.9 Å². The van der Waals surface area contributed by atoms with E-state index in [2.05, 4.69) is 10.5 Å². The number of hydrogen-bond acceptors (Lipinski definition) is 4. The van der Waals surface area contributed by atoms with E-state index in [9.17, 15) is 18.4 Å². The number of carbonyl (C=O) groups is 2. The lowest BCUT2D eigenvalue weighted by Crippen LogP contribution is -2.41. The van der Waals surface area contributed by atoms with Crippen LogP contribution in [0.5, 0.6) is 0 Å². The van der Waals surface area contributed by atoms with Gasteiger partial charge in [-0.25, -0.2) is 13.6 Å². The number of aryl methyl sites for hydroxylation is 1. The van der Waals surface area contributed by atoms with Crippen LogP contribution in [0.15, 0.2) is 28.8 Å². The fraction of sp³-hybridized carbons (Fsp3) is 0.267. The van der Waals surface area contributed by atoms with E-state index in [1.807, 2.05) is 0 Å². The molecule has 2 aromatic rings. The summed E-state index contributed by atoms with van der Waals surface area (Å²) < 4.78 is 31.5. The number of aromatic nitrogens is 1. The normalized spacial score (nSPS) is 21.0. The Hall–Kier alpha value is -2.77. The highest BCUT2D eigenvalue weighted by Gasteiger charge is 2.49. The first-order valence-corrected chi connectivity index (χ1v) is 6.83. The van der Waals surface area contributed by atoms with Crippen LogP contribution in [0, 0.1) is 18.6 Å². The van der Waals surface area contributed by atoms with Crippen LogP contribution in [0.2, 0.25) is 0 Å². The quantitative estimate of drug-likeness (QED) is 0.880. The summed E-state index contributed by atoms with van der Waals surface area (Å²) in [5.74, 6) is -2.35. The second-order valence-electron chi connectivity index (χ2n) is 5.51. The van der Waals surface area contributed by atoms with Crippen molar-refractivity contribution in [2.24, 2.45) is 0 Å². The number of carbonyl (C=O) groups excluding carboxylic acids is 2. The van der Waals surface area contributed by atoms with Crippen LogP contribution < -0.4 is 5.32 Å². The molecule has 0 saturated carbocycles. The van der Waals surface area contributed by atoms with Gasteiger partial charge in [-0.3, -0.25) is 9.69 Å². The summed E-state index contributed by atoms with van der Waals surface area (Å²) in [6.45, 7) is 3.06. The predicted octanol–water partition coefficient (Wildman–Crippen LogP) is 2.23. The number of amides is 3. The van der Waals surface area contributed by atoms with Gasteiger partial charge in [0.25, 0.3) is 5.91 Å². The Labute approximate surface area is 130 Å². The molecule has 0 spiro atoms. The third-order valence-electron chi connectivity index (χ3n) is 3.76. The van der Waals surface area contributed by atoms with Crippen LogP contribution >= 0.6 is 0 Å². The first-order chi connectivity index (χ1) is 10.8. The lowest BCUT2D eigenvalue weighted by Gasteiger charge is -2.22. The van der Waals surface area contributed by atoms with Gasteiger partial charge in [0.1, 0.15) is 5.54 Å². The van der Waals surface area contributed by atoms with E-state index in [4.69, 9.17) is 4.52 Å². The Morgan fingerprint density at radius 2 is 2.00 bits per heavy atom. The molecule has 1 saturated heterocycles. The molecule has 0 bridgehead atoms. The maximum atomic E-state index is 13.4. The van der Waals surface area contributed by atoms with Crippen molar-refractivity contribution in [1.82, 2.24) is 15.4 Å². The molecule has 3 rings (SSSR count). The van der Waals surface area contributed by atoms with Gasteiger partial charge in [0.2, 0.25) is 0 Å². The van der Waals surface area contributed by atoms with Gasteiger partial charge in [-0.05, 0) is 31.5 Å². The van der Waals surface area contributed by atoms with Crippen molar-refractivity contribution in [2.75, 3.05) is 0 Å². The number of rotatable bonds is 3. The summed E-state index contributed by atoms with van der Waals surface area (Å²) in [6.07, 6.45) is 0. The van der Waals surface area contributed by atoms with Crippen molar-refractivity contribution in [3.8, 4) is 0 Å². The first kappa shape index (κ1) is 15.1. The average molecular weight is 321 g/mol. The van der Waals surface area contributed by atoms with Gasteiger partial charge >= 0.3 is 6.03 Å². The fourth-order valence-electron chi connectivity index (χ4n) is 2.49. The molecule has 3 amide bonds. The zero-order chi connectivity index (χ0) is 16.8. The van der Waals surface area contributed by atoms with Crippen LogP contribution in [-0.4, -0.2) is 22.0 Å². The summed E-state index contributed by atoms with van der Waals surface area (Å²) in [7, 11) is 0. The molecule has 8 heteroatoms. The van der Waals surface area contributed by atoms with E-state index in [-0.39, 0.29) is 12.1 Å². The number of benzene rings is 1. The fourth-order valence-corrected chi connectivity index (χ4v) is 2.49. The zero-order valence-electron chi connectivity index (χ0n) is 12.4. The molecular weight excluding hydrogens is 308 g/mol. The minimum absolute atomic E-state index is 0.0925. The van der Waals surface area contributed by atoms with Crippen molar-refractivity contribution in [1.29, 1.82) is 0 Å². The maximum absolute atomic E-state index is 13.4. The highest BCUT2D eigenvalue weighted by Crippen LogP contribution is 2.30. The van der Waals surface area contributed by atoms with Crippen molar-refractivity contribution in [3.05, 3.63) is 52.9 Å². The first-order valence-electron chi connectivity index (χ1n) is 6.83. The second-order valence-corrected chi connectivity index (χ2v) is 5.51. The molecule has 23 heavy (non-hydrogen) atoms. The minimum Gasteiger partial charge on any atom is -0.359 e. The summed E-state index contributed by atoms with van der Waals surface area (Å²) >= 11 is 0. The number of nitrogens with one attached hydrogen (secondary N) is 1. The summed E-state index contributed by atoms with van der Waals surface area (Å²) in [4.78, 5) is 25.7. The van der Waals surface area contributed by atoms with Crippen molar-refractivity contribution < 1.29 is 22.9 Å². The van der Waals surface area contributed by atoms with E-state index in [1.54, 1.807) is 13.0 Å². The number of urea groups is 1. The third-order valence-corrected chi connectivity index (χ3v) is 3.76. The van der Waals surface area contributed by atoms with Gasteiger partial charge in [-0.2, -0.15) is 0 Å². The Morgan fingerprint density at radius 1 is 1.26 bits per heavy atom. The van der Waals surface area contributed by atoms with Crippen LogP contribution in [-0.2, 0) is 16.9 Å². The second kappa shape index (κ2) is 5.15. The highest BCUT2D eigenvalue weighted by atomic mass is 19.2. The van der Waals surface area contributed by atoms with Crippen molar-refractivity contribution >= 4 is 11.9 Å². The Kier molecular flexibility index (Phi) is 3.39. The summed E-state index contributed by atoms with van der Waals surface area (Å²) in [6, 6.07) is 4.04. The molecule has 1 atom stereocenters. The molecule has 1 aromatic heterocycles. The molecule has 6 nitrogen and oxygen atoms in total. The average Bonchev–Trinajstić information content (AvgIpc) is 3.00. The van der Waals surface area contributed by atoms with Crippen LogP contribution in [0.4, 0.5) is 13.6 Å². The molecule has 1 N–H and O–H groups in total.